The second kappa shape index (κ2) is 6.38. The molecule has 1 fully saturated rings. The van der Waals surface area contributed by atoms with Gasteiger partial charge in [-0.15, -0.1) is 0 Å². The molecule has 1 saturated heterocycles. The van der Waals surface area contributed by atoms with E-state index in [-0.39, 0.29) is 17.6 Å². The van der Waals surface area contributed by atoms with E-state index in [9.17, 15) is 9.59 Å². The zero-order valence-corrected chi connectivity index (χ0v) is 11.3. The lowest BCUT2D eigenvalue weighted by molar-refractivity contribution is 0.0144. The van der Waals surface area contributed by atoms with Gasteiger partial charge in [0, 0.05) is 12.2 Å². The lowest BCUT2D eigenvalue weighted by Gasteiger charge is -2.35. The first-order valence-corrected chi connectivity index (χ1v) is 6.60. The van der Waals surface area contributed by atoms with Gasteiger partial charge < -0.3 is 20.1 Å². The zero-order chi connectivity index (χ0) is 14.5. The number of amides is 2. The molecule has 0 saturated carbocycles. The van der Waals surface area contributed by atoms with E-state index in [4.69, 9.17) is 9.84 Å². The van der Waals surface area contributed by atoms with Crippen molar-refractivity contribution in [3.63, 3.8) is 0 Å². The number of urea groups is 1. The van der Waals surface area contributed by atoms with Gasteiger partial charge >= 0.3 is 12.0 Å². The number of hydrogen-bond acceptors (Lipinski definition) is 3. The monoisotopic (exact) mass is 278 g/mol. The Morgan fingerprint density at radius 3 is 2.70 bits per heavy atom. The molecule has 0 aliphatic carbocycles. The predicted octanol–water partition coefficient (Wildman–Crippen LogP) is 2.03. The molecule has 0 radical (unpaired) electrons. The minimum Gasteiger partial charge on any atom is -0.478 e. The fourth-order valence-electron chi connectivity index (χ4n) is 2.15. The van der Waals surface area contributed by atoms with Crippen molar-refractivity contribution in [3.8, 4) is 0 Å². The second-order valence-electron chi connectivity index (χ2n) is 4.64. The number of benzene rings is 1. The molecule has 0 bridgehead atoms. The number of nitrogens with zero attached hydrogens (tertiary/aromatic N) is 1. The first-order chi connectivity index (χ1) is 9.61. The smallest absolute Gasteiger partial charge is 0.335 e. The molecule has 20 heavy (non-hydrogen) atoms. The number of nitrogens with one attached hydrogen (secondary N) is 1. The molecular formula is C14H18N2O4. The number of anilines is 1. The van der Waals surface area contributed by atoms with Crippen molar-refractivity contribution in [2.75, 3.05) is 25.1 Å². The van der Waals surface area contributed by atoms with Crippen molar-refractivity contribution in [2.45, 2.75) is 19.4 Å². The van der Waals surface area contributed by atoms with E-state index in [2.05, 4.69) is 5.32 Å². The highest BCUT2D eigenvalue weighted by Crippen LogP contribution is 2.14. The molecular weight excluding hydrogens is 260 g/mol. The molecule has 1 aromatic rings. The third kappa shape index (κ3) is 3.27. The first kappa shape index (κ1) is 14.3. The molecule has 6 nitrogen and oxygen atoms in total. The van der Waals surface area contributed by atoms with Crippen LogP contribution in [0.4, 0.5) is 10.5 Å². The molecule has 1 aliphatic rings. The Kier molecular flexibility index (Phi) is 4.57. The van der Waals surface area contributed by atoms with Crippen LogP contribution >= 0.6 is 0 Å². The van der Waals surface area contributed by atoms with Gasteiger partial charge in [0.05, 0.1) is 24.8 Å². The summed E-state index contributed by atoms with van der Waals surface area (Å²) in [5, 5.41) is 11.6. The molecule has 2 amide bonds. The molecule has 2 rings (SSSR count). The van der Waals surface area contributed by atoms with Crippen LogP contribution in [0.3, 0.4) is 0 Å². The lowest BCUT2D eigenvalue weighted by atomic mass is 10.2. The molecule has 1 unspecified atom stereocenters. The summed E-state index contributed by atoms with van der Waals surface area (Å²) < 4.78 is 5.36. The minimum absolute atomic E-state index is 0.0852. The van der Waals surface area contributed by atoms with Crippen LogP contribution in [0.25, 0.3) is 0 Å². The topological polar surface area (TPSA) is 78.9 Å². The Morgan fingerprint density at radius 2 is 2.10 bits per heavy atom. The maximum atomic E-state index is 12.2. The van der Waals surface area contributed by atoms with Gasteiger partial charge in [-0.05, 0) is 30.7 Å². The van der Waals surface area contributed by atoms with Crippen LogP contribution in [-0.2, 0) is 4.74 Å². The molecule has 1 heterocycles. The highest BCUT2D eigenvalue weighted by Gasteiger charge is 2.25. The van der Waals surface area contributed by atoms with Crippen molar-refractivity contribution < 1.29 is 19.4 Å². The number of carboxylic acids is 1. The molecule has 0 aromatic heterocycles. The number of carbonyl (C=O) groups excluding carboxylic acids is 1. The number of morpholine rings is 1. The van der Waals surface area contributed by atoms with Crippen LogP contribution in [0.1, 0.15) is 23.7 Å². The fourth-order valence-corrected chi connectivity index (χ4v) is 2.15. The summed E-state index contributed by atoms with van der Waals surface area (Å²) >= 11 is 0. The largest absolute Gasteiger partial charge is 0.478 e. The van der Waals surface area contributed by atoms with Crippen LogP contribution in [0.5, 0.6) is 0 Å². The van der Waals surface area contributed by atoms with Crippen molar-refractivity contribution in [3.05, 3.63) is 29.8 Å². The van der Waals surface area contributed by atoms with Crippen LogP contribution in [0.2, 0.25) is 0 Å². The minimum atomic E-state index is -0.984. The number of aromatic carboxylic acids is 1. The van der Waals surface area contributed by atoms with Gasteiger partial charge in [-0.1, -0.05) is 6.92 Å². The van der Waals surface area contributed by atoms with E-state index in [0.29, 0.717) is 25.4 Å². The van der Waals surface area contributed by atoms with Gasteiger partial charge in [0.2, 0.25) is 0 Å². The Labute approximate surface area is 117 Å². The highest BCUT2D eigenvalue weighted by molar-refractivity contribution is 5.91. The number of hydrogen-bond donors (Lipinski definition) is 2. The van der Waals surface area contributed by atoms with Gasteiger partial charge in [-0.3, -0.25) is 0 Å². The quantitative estimate of drug-likeness (QED) is 0.886. The summed E-state index contributed by atoms with van der Waals surface area (Å²) in [5.74, 6) is -0.984. The molecule has 108 valence electrons. The standard InChI is InChI=1S/C14H18N2O4/c1-2-12-9-20-8-7-16(12)14(19)15-11-5-3-10(4-6-11)13(17)18/h3-6,12H,2,7-9H2,1H3,(H,15,19)(H,17,18). The normalized spacial score (nSPS) is 18.6. The molecule has 1 aromatic carbocycles. The fraction of sp³-hybridized carbons (Fsp3) is 0.429. The van der Waals surface area contributed by atoms with E-state index in [1.165, 1.54) is 12.1 Å². The predicted molar refractivity (Wildman–Crippen MR) is 74.0 cm³/mol. The molecule has 1 aliphatic heterocycles. The van der Waals surface area contributed by atoms with Crippen molar-refractivity contribution in [2.24, 2.45) is 0 Å². The summed E-state index contributed by atoms with van der Waals surface area (Å²) in [5.41, 5.74) is 0.780. The van der Waals surface area contributed by atoms with Gasteiger partial charge in [0.1, 0.15) is 0 Å². The number of ether oxygens (including phenoxy) is 1. The van der Waals surface area contributed by atoms with Gasteiger partial charge in [-0.25, -0.2) is 9.59 Å². The van der Waals surface area contributed by atoms with Crippen molar-refractivity contribution >= 4 is 17.7 Å². The SMILES string of the molecule is CCC1COCCN1C(=O)Nc1ccc(C(=O)O)cc1. The van der Waals surface area contributed by atoms with E-state index < -0.39 is 5.97 Å². The van der Waals surface area contributed by atoms with Crippen molar-refractivity contribution in [1.29, 1.82) is 0 Å². The summed E-state index contributed by atoms with van der Waals surface area (Å²) in [4.78, 5) is 24.7. The third-order valence-corrected chi connectivity index (χ3v) is 3.34. The third-order valence-electron chi connectivity index (χ3n) is 3.34. The van der Waals surface area contributed by atoms with Crippen LogP contribution in [0.15, 0.2) is 24.3 Å². The maximum Gasteiger partial charge on any atom is 0.335 e. The summed E-state index contributed by atoms with van der Waals surface area (Å²) in [6.45, 7) is 3.68. The maximum absolute atomic E-state index is 12.2. The van der Waals surface area contributed by atoms with E-state index in [1.807, 2.05) is 6.92 Å². The van der Waals surface area contributed by atoms with Gasteiger partial charge in [0.15, 0.2) is 0 Å². The lowest BCUT2D eigenvalue weighted by Crippen LogP contribution is -2.50. The molecule has 6 heteroatoms. The molecule has 0 spiro atoms. The Hall–Kier alpha value is -2.08. The average molecular weight is 278 g/mol. The van der Waals surface area contributed by atoms with E-state index >= 15 is 0 Å². The second-order valence-corrected chi connectivity index (χ2v) is 4.64. The molecule has 2 N–H and O–H groups in total. The Morgan fingerprint density at radius 1 is 1.40 bits per heavy atom. The first-order valence-electron chi connectivity index (χ1n) is 6.60. The average Bonchev–Trinajstić information content (AvgIpc) is 2.47. The number of carboxylic acid groups (broad SMARTS) is 1. The number of carbonyl (C=O) groups is 2. The van der Waals surface area contributed by atoms with Crippen LogP contribution in [0, 0.1) is 0 Å². The summed E-state index contributed by atoms with van der Waals surface area (Å²) in [7, 11) is 0. The van der Waals surface area contributed by atoms with Crippen LogP contribution in [-0.4, -0.2) is 47.8 Å². The highest BCUT2D eigenvalue weighted by atomic mass is 16.5. The molecule has 1 atom stereocenters. The van der Waals surface area contributed by atoms with Crippen molar-refractivity contribution in [1.82, 2.24) is 4.90 Å². The summed E-state index contributed by atoms with van der Waals surface area (Å²) in [6.07, 6.45) is 0.839. The zero-order valence-electron chi connectivity index (χ0n) is 11.3. The Balaban J connectivity index is 2.01. The van der Waals surface area contributed by atoms with E-state index in [0.717, 1.165) is 6.42 Å². The van der Waals surface area contributed by atoms with E-state index in [1.54, 1.807) is 17.0 Å². The van der Waals surface area contributed by atoms with Crippen LogP contribution < -0.4 is 5.32 Å². The van der Waals surface area contributed by atoms with Gasteiger partial charge in [0.25, 0.3) is 0 Å². The summed E-state index contributed by atoms with van der Waals surface area (Å²) in [6, 6.07) is 6.01. The van der Waals surface area contributed by atoms with Gasteiger partial charge in [-0.2, -0.15) is 0 Å². The number of rotatable bonds is 3. The Bertz CT molecular complexity index is 486.